The third-order valence-corrected chi connectivity index (χ3v) is 3.87. The van der Waals surface area contributed by atoms with Gasteiger partial charge in [-0.15, -0.1) is 10.2 Å². The fourth-order valence-corrected chi connectivity index (χ4v) is 2.64. The van der Waals surface area contributed by atoms with Crippen LogP contribution in [0.25, 0.3) is 17.0 Å². The number of nitrogens with zero attached hydrogens (tertiary/aromatic N) is 3. The minimum atomic E-state index is -0.788. The van der Waals surface area contributed by atoms with Crippen molar-refractivity contribution in [3.8, 4) is 11.4 Å². The van der Waals surface area contributed by atoms with Crippen molar-refractivity contribution >= 4 is 17.2 Å². The number of carbonyl (C=O) groups excluding carboxylic acids is 1. The summed E-state index contributed by atoms with van der Waals surface area (Å²) in [5.74, 6) is -1.59. The second-order valence-electron chi connectivity index (χ2n) is 5.61. The van der Waals surface area contributed by atoms with Gasteiger partial charge in [-0.3, -0.25) is 9.20 Å². The summed E-state index contributed by atoms with van der Waals surface area (Å²) in [5, 5.41) is 10.8. The van der Waals surface area contributed by atoms with E-state index >= 15 is 0 Å². The molecule has 0 aliphatic rings. The van der Waals surface area contributed by atoms with E-state index in [4.69, 9.17) is 0 Å². The molecule has 0 atom stereocenters. The summed E-state index contributed by atoms with van der Waals surface area (Å²) >= 11 is 0. The second-order valence-corrected chi connectivity index (χ2v) is 5.61. The first kappa shape index (κ1) is 15.9. The van der Waals surface area contributed by atoms with Crippen LogP contribution in [-0.4, -0.2) is 20.5 Å². The van der Waals surface area contributed by atoms with E-state index in [1.807, 2.05) is 34.9 Å². The number of carbonyl (C=O) groups is 1. The first-order valence-electron chi connectivity index (χ1n) is 7.78. The molecule has 26 heavy (non-hydrogen) atoms. The molecule has 0 saturated carbocycles. The molecule has 4 rings (SSSR count). The second kappa shape index (κ2) is 6.36. The summed E-state index contributed by atoms with van der Waals surface area (Å²) in [6.45, 7) is 0. The van der Waals surface area contributed by atoms with Crippen LogP contribution in [0.3, 0.4) is 0 Å². The quantitative estimate of drug-likeness (QED) is 0.609. The SMILES string of the molecule is O=C(Nc1cccc(-c2nnc3ccccn23)c1)c1cc(F)ccc1F. The smallest absolute Gasteiger partial charge is 0.258 e. The average molecular weight is 350 g/mol. The predicted molar refractivity (Wildman–Crippen MR) is 92.7 cm³/mol. The third kappa shape index (κ3) is 2.90. The van der Waals surface area contributed by atoms with Crippen molar-refractivity contribution in [1.29, 1.82) is 0 Å². The lowest BCUT2D eigenvalue weighted by atomic mass is 10.1. The van der Waals surface area contributed by atoms with Gasteiger partial charge in [-0.25, -0.2) is 8.78 Å². The maximum absolute atomic E-state index is 13.8. The molecule has 0 fully saturated rings. The van der Waals surface area contributed by atoms with E-state index in [0.29, 0.717) is 17.2 Å². The van der Waals surface area contributed by atoms with Crippen molar-refractivity contribution in [3.05, 3.63) is 84.1 Å². The molecule has 2 aromatic carbocycles. The van der Waals surface area contributed by atoms with Crippen LogP contribution < -0.4 is 5.32 Å². The molecule has 2 heterocycles. The van der Waals surface area contributed by atoms with Gasteiger partial charge in [-0.2, -0.15) is 0 Å². The summed E-state index contributed by atoms with van der Waals surface area (Å²) in [5.41, 5.74) is 1.49. The summed E-state index contributed by atoms with van der Waals surface area (Å²) in [4.78, 5) is 12.2. The zero-order chi connectivity index (χ0) is 18.1. The molecule has 1 N–H and O–H groups in total. The molecule has 0 unspecified atom stereocenters. The Hall–Kier alpha value is -3.61. The Morgan fingerprint density at radius 1 is 0.962 bits per heavy atom. The van der Waals surface area contributed by atoms with Crippen molar-refractivity contribution in [2.45, 2.75) is 0 Å². The summed E-state index contributed by atoms with van der Waals surface area (Å²) in [6.07, 6.45) is 1.83. The minimum Gasteiger partial charge on any atom is -0.322 e. The Balaban J connectivity index is 1.66. The van der Waals surface area contributed by atoms with Crippen molar-refractivity contribution in [1.82, 2.24) is 14.6 Å². The maximum Gasteiger partial charge on any atom is 0.258 e. The fourth-order valence-electron chi connectivity index (χ4n) is 2.64. The molecular formula is C19H12F2N4O. The van der Waals surface area contributed by atoms with Crippen LogP contribution in [0.15, 0.2) is 66.9 Å². The van der Waals surface area contributed by atoms with E-state index in [-0.39, 0.29) is 5.56 Å². The van der Waals surface area contributed by atoms with Crippen LogP contribution >= 0.6 is 0 Å². The highest BCUT2D eigenvalue weighted by atomic mass is 19.1. The van der Waals surface area contributed by atoms with Gasteiger partial charge in [-0.1, -0.05) is 18.2 Å². The Kier molecular flexibility index (Phi) is 3.89. The Morgan fingerprint density at radius 3 is 2.73 bits per heavy atom. The number of pyridine rings is 1. The highest BCUT2D eigenvalue weighted by Crippen LogP contribution is 2.22. The lowest BCUT2D eigenvalue weighted by molar-refractivity contribution is 0.102. The number of nitrogens with one attached hydrogen (secondary N) is 1. The average Bonchev–Trinajstić information content (AvgIpc) is 3.08. The monoisotopic (exact) mass is 350 g/mol. The fraction of sp³-hybridized carbons (Fsp3) is 0. The standard InChI is InChI=1S/C19H12F2N4O/c20-13-7-8-16(21)15(11-13)19(26)22-14-5-3-4-12(10-14)18-24-23-17-6-1-2-9-25(17)18/h1-11H,(H,22,26). The number of rotatable bonds is 3. The maximum atomic E-state index is 13.8. The molecule has 1 amide bonds. The Morgan fingerprint density at radius 2 is 1.85 bits per heavy atom. The molecule has 7 heteroatoms. The van der Waals surface area contributed by atoms with Gasteiger partial charge in [0.1, 0.15) is 11.6 Å². The molecule has 0 aliphatic heterocycles. The van der Waals surface area contributed by atoms with Crippen molar-refractivity contribution in [3.63, 3.8) is 0 Å². The molecule has 2 aromatic heterocycles. The molecule has 0 aliphatic carbocycles. The summed E-state index contributed by atoms with van der Waals surface area (Å²) < 4.78 is 28.8. The van der Waals surface area contributed by atoms with Crippen LogP contribution in [0.4, 0.5) is 14.5 Å². The van der Waals surface area contributed by atoms with E-state index in [0.717, 1.165) is 23.8 Å². The molecule has 4 aromatic rings. The number of fused-ring (bicyclic) bond motifs is 1. The number of hydrogen-bond donors (Lipinski definition) is 1. The normalized spacial score (nSPS) is 10.8. The van der Waals surface area contributed by atoms with Crippen LogP contribution in [-0.2, 0) is 0 Å². The van der Waals surface area contributed by atoms with E-state index in [2.05, 4.69) is 15.5 Å². The van der Waals surface area contributed by atoms with E-state index < -0.39 is 17.5 Å². The van der Waals surface area contributed by atoms with E-state index in [1.54, 1.807) is 18.2 Å². The van der Waals surface area contributed by atoms with Gasteiger partial charge in [-0.05, 0) is 42.5 Å². The molecule has 0 saturated heterocycles. The lowest BCUT2D eigenvalue weighted by Crippen LogP contribution is -2.14. The highest BCUT2D eigenvalue weighted by molar-refractivity contribution is 6.04. The van der Waals surface area contributed by atoms with Crippen LogP contribution in [0.1, 0.15) is 10.4 Å². The Labute approximate surface area is 146 Å². The van der Waals surface area contributed by atoms with Gasteiger partial charge in [0.2, 0.25) is 0 Å². The predicted octanol–water partition coefficient (Wildman–Crippen LogP) is 3.93. The number of hydrogen-bond acceptors (Lipinski definition) is 3. The van der Waals surface area contributed by atoms with Crippen molar-refractivity contribution < 1.29 is 13.6 Å². The summed E-state index contributed by atoms with van der Waals surface area (Å²) in [6, 6.07) is 15.2. The van der Waals surface area contributed by atoms with Crippen LogP contribution in [0.5, 0.6) is 0 Å². The van der Waals surface area contributed by atoms with Gasteiger partial charge in [0.15, 0.2) is 11.5 Å². The number of amides is 1. The van der Waals surface area contributed by atoms with Crippen LogP contribution in [0.2, 0.25) is 0 Å². The third-order valence-electron chi connectivity index (χ3n) is 3.87. The first-order valence-corrected chi connectivity index (χ1v) is 7.78. The van der Waals surface area contributed by atoms with Gasteiger partial charge >= 0.3 is 0 Å². The zero-order valence-electron chi connectivity index (χ0n) is 13.4. The molecule has 0 spiro atoms. The van der Waals surface area contributed by atoms with Gasteiger partial charge in [0.05, 0.1) is 5.56 Å². The number of aromatic nitrogens is 3. The molecule has 0 bridgehead atoms. The van der Waals surface area contributed by atoms with Gasteiger partial charge < -0.3 is 5.32 Å². The largest absolute Gasteiger partial charge is 0.322 e. The highest BCUT2D eigenvalue weighted by Gasteiger charge is 2.14. The summed E-state index contributed by atoms with van der Waals surface area (Å²) in [7, 11) is 0. The number of halogens is 2. The lowest BCUT2D eigenvalue weighted by Gasteiger charge is -2.08. The first-order chi connectivity index (χ1) is 12.6. The molecule has 0 radical (unpaired) electrons. The Bertz CT molecular complexity index is 1120. The van der Waals surface area contributed by atoms with E-state index in [1.165, 1.54) is 0 Å². The molecule has 128 valence electrons. The van der Waals surface area contributed by atoms with Gasteiger partial charge in [0.25, 0.3) is 5.91 Å². The molecular weight excluding hydrogens is 338 g/mol. The van der Waals surface area contributed by atoms with Crippen molar-refractivity contribution in [2.24, 2.45) is 0 Å². The van der Waals surface area contributed by atoms with Gasteiger partial charge in [0, 0.05) is 17.4 Å². The molecule has 5 nitrogen and oxygen atoms in total. The zero-order valence-corrected chi connectivity index (χ0v) is 13.4. The van der Waals surface area contributed by atoms with Crippen molar-refractivity contribution in [2.75, 3.05) is 5.32 Å². The number of benzene rings is 2. The minimum absolute atomic E-state index is 0.358. The van der Waals surface area contributed by atoms with E-state index in [9.17, 15) is 13.6 Å². The topological polar surface area (TPSA) is 59.3 Å². The van der Waals surface area contributed by atoms with Crippen LogP contribution in [0, 0.1) is 11.6 Å². The number of anilines is 1.